The number of carbonyl (C=O) groups excluding carboxylic acids is 1. The van der Waals surface area contributed by atoms with Crippen molar-refractivity contribution in [2.75, 3.05) is 27.2 Å². The average Bonchev–Trinajstić information content (AvgIpc) is 2.54. The van der Waals surface area contributed by atoms with Crippen molar-refractivity contribution in [1.29, 1.82) is 0 Å². The maximum atomic E-state index is 14.4. The summed E-state index contributed by atoms with van der Waals surface area (Å²) in [5.74, 6) is -1.16. The third-order valence-corrected chi connectivity index (χ3v) is 3.71. The van der Waals surface area contributed by atoms with Gasteiger partial charge in [-0.25, -0.2) is 4.39 Å². The quantitative estimate of drug-likeness (QED) is 0.761. The predicted octanol–water partition coefficient (Wildman–Crippen LogP) is 3.70. The molecule has 2 rings (SSSR count). The first-order valence-electron chi connectivity index (χ1n) is 7.65. The van der Waals surface area contributed by atoms with Gasteiger partial charge in [-0.2, -0.15) is 0 Å². The van der Waals surface area contributed by atoms with Gasteiger partial charge in [-0.05, 0) is 38.2 Å². The van der Waals surface area contributed by atoms with E-state index in [2.05, 4.69) is 0 Å². The SMILES string of the molecule is C[C@@H](C(=O)OCCN(C)C)c1ccc(-c2ccccc2)c(F)c1. The molecule has 0 fully saturated rings. The van der Waals surface area contributed by atoms with Crippen molar-refractivity contribution in [2.24, 2.45) is 0 Å². The van der Waals surface area contributed by atoms with Crippen LogP contribution in [-0.4, -0.2) is 38.1 Å². The standard InChI is InChI=1S/C19H22FNO2/c1-14(19(22)23-12-11-21(2)3)16-9-10-17(18(20)13-16)15-7-5-4-6-8-15/h4-10,13-14H,11-12H2,1-3H3/t14-/m1/s1. The van der Waals surface area contributed by atoms with Gasteiger partial charge in [0.05, 0.1) is 5.92 Å². The van der Waals surface area contributed by atoms with Crippen LogP contribution in [0.5, 0.6) is 0 Å². The summed E-state index contributed by atoms with van der Waals surface area (Å²) in [5.41, 5.74) is 1.97. The molecule has 4 heteroatoms. The largest absolute Gasteiger partial charge is 0.464 e. The molecule has 0 saturated carbocycles. The second kappa shape index (κ2) is 7.88. The van der Waals surface area contributed by atoms with Gasteiger partial charge in [-0.15, -0.1) is 0 Å². The zero-order chi connectivity index (χ0) is 16.8. The normalized spacial score (nSPS) is 12.2. The molecule has 0 aliphatic carbocycles. The highest BCUT2D eigenvalue weighted by atomic mass is 19.1. The fraction of sp³-hybridized carbons (Fsp3) is 0.316. The van der Waals surface area contributed by atoms with E-state index in [9.17, 15) is 9.18 Å². The lowest BCUT2D eigenvalue weighted by Crippen LogP contribution is -2.22. The van der Waals surface area contributed by atoms with Gasteiger partial charge in [0.2, 0.25) is 0 Å². The fourth-order valence-corrected chi connectivity index (χ4v) is 2.24. The predicted molar refractivity (Wildman–Crippen MR) is 89.8 cm³/mol. The first kappa shape index (κ1) is 17.2. The zero-order valence-corrected chi connectivity index (χ0v) is 13.8. The van der Waals surface area contributed by atoms with Crippen LogP contribution in [0.2, 0.25) is 0 Å². The highest BCUT2D eigenvalue weighted by Gasteiger charge is 2.18. The van der Waals surface area contributed by atoms with Crippen molar-refractivity contribution < 1.29 is 13.9 Å². The average molecular weight is 315 g/mol. The number of halogens is 1. The molecule has 0 aliphatic heterocycles. The Morgan fingerprint density at radius 2 is 1.87 bits per heavy atom. The van der Waals surface area contributed by atoms with Gasteiger partial charge in [-0.1, -0.05) is 42.5 Å². The molecule has 2 aromatic carbocycles. The van der Waals surface area contributed by atoms with Crippen molar-refractivity contribution in [1.82, 2.24) is 4.90 Å². The van der Waals surface area contributed by atoms with Gasteiger partial charge >= 0.3 is 5.97 Å². The highest BCUT2D eigenvalue weighted by molar-refractivity contribution is 5.78. The molecular weight excluding hydrogens is 293 g/mol. The molecule has 0 radical (unpaired) electrons. The monoisotopic (exact) mass is 315 g/mol. The smallest absolute Gasteiger partial charge is 0.313 e. The molecular formula is C19H22FNO2. The number of benzene rings is 2. The van der Waals surface area contributed by atoms with Crippen LogP contribution in [0.3, 0.4) is 0 Å². The third kappa shape index (κ3) is 4.63. The van der Waals surface area contributed by atoms with Crippen molar-refractivity contribution in [3.8, 4) is 11.1 Å². The Morgan fingerprint density at radius 3 is 2.48 bits per heavy atom. The molecule has 0 amide bonds. The summed E-state index contributed by atoms with van der Waals surface area (Å²) in [7, 11) is 3.82. The number of rotatable bonds is 6. The van der Waals surface area contributed by atoms with Gasteiger partial charge in [0.25, 0.3) is 0 Å². The summed E-state index contributed by atoms with van der Waals surface area (Å²) < 4.78 is 19.6. The van der Waals surface area contributed by atoms with Crippen molar-refractivity contribution in [3.05, 3.63) is 59.9 Å². The summed E-state index contributed by atoms with van der Waals surface area (Å²) in [4.78, 5) is 14.0. The van der Waals surface area contributed by atoms with Crippen LogP contribution >= 0.6 is 0 Å². The molecule has 0 saturated heterocycles. The first-order chi connectivity index (χ1) is 11.0. The molecule has 0 aliphatic rings. The fourth-order valence-electron chi connectivity index (χ4n) is 2.24. The number of likely N-dealkylation sites (N-methyl/N-ethyl adjacent to an activating group) is 1. The van der Waals surface area contributed by atoms with E-state index in [-0.39, 0.29) is 11.8 Å². The molecule has 2 aromatic rings. The van der Waals surface area contributed by atoms with Crippen LogP contribution in [0.25, 0.3) is 11.1 Å². The maximum absolute atomic E-state index is 14.4. The molecule has 0 heterocycles. The number of hydrogen-bond acceptors (Lipinski definition) is 3. The number of hydrogen-bond donors (Lipinski definition) is 0. The Labute approximate surface area is 136 Å². The lowest BCUT2D eigenvalue weighted by atomic mass is 9.97. The van der Waals surface area contributed by atoms with Gasteiger partial charge in [0, 0.05) is 12.1 Å². The van der Waals surface area contributed by atoms with Gasteiger partial charge < -0.3 is 9.64 Å². The Bertz CT molecular complexity index is 656. The number of carbonyl (C=O) groups is 1. The molecule has 0 unspecified atom stereocenters. The van der Waals surface area contributed by atoms with Gasteiger partial charge in [-0.3, -0.25) is 4.79 Å². The second-order valence-corrected chi connectivity index (χ2v) is 5.80. The van der Waals surface area contributed by atoms with E-state index in [1.165, 1.54) is 6.07 Å². The molecule has 0 bridgehead atoms. The van der Waals surface area contributed by atoms with E-state index in [1.807, 2.05) is 49.3 Å². The van der Waals surface area contributed by atoms with Gasteiger partial charge in [0.1, 0.15) is 12.4 Å². The minimum atomic E-state index is -0.489. The van der Waals surface area contributed by atoms with Crippen LogP contribution in [0.15, 0.2) is 48.5 Å². The Kier molecular flexibility index (Phi) is 5.88. The third-order valence-electron chi connectivity index (χ3n) is 3.71. The summed E-state index contributed by atoms with van der Waals surface area (Å²) in [6.45, 7) is 2.73. The summed E-state index contributed by atoms with van der Waals surface area (Å²) >= 11 is 0. The molecule has 0 aromatic heterocycles. The molecule has 23 heavy (non-hydrogen) atoms. The van der Waals surface area contributed by atoms with E-state index in [0.717, 1.165) is 5.56 Å². The van der Waals surface area contributed by atoms with Gasteiger partial charge in [0.15, 0.2) is 0 Å². The lowest BCUT2D eigenvalue weighted by molar-refractivity contribution is -0.145. The number of esters is 1. The summed E-state index contributed by atoms with van der Waals surface area (Å²) in [5, 5.41) is 0. The summed E-state index contributed by atoms with van der Waals surface area (Å²) in [6.07, 6.45) is 0. The number of nitrogens with zero attached hydrogens (tertiary/aromatic N) is 1. The number of ether oxygens (including phenoxy) is 1. The molecule has 3 nitrogen and oxygen atoms in total. The minimum absolute atomic E-state index is 0.332. The second-order valence-electron chi connectivity index (χ2n) is 5.80. The van der Waals surface area contributed by atoms with E-state index in [0.29, 0.717) is 24.3 Å². The first-order valence-corrected chi connectivity index (χ1v) is 7.65. The lowest BCUT2D eigenvalue weighted by Gasteiger charge is -2.15. The van der Waals surface area contributed by atoms with Crippen molar-refractivity contribution in [2.45, 2.75) is 12.8 Å². The minimum Gasteiger partial charge on any atom is -0.464 e. The Hall–Kier alpha value is -2.20. The zero-order valence-electron chi connectivity index (χ0n) is 13.8. The molecule has 122 valence electrons. The van der Waals surface area contributed by atoms with Crippen molar-refractivity contribution >= 4 is 5.97 Å². The van der Waals surface area contributed by atoms with Crippen LogP contribution in [0, 0.1) is 5.82 Å². The molecule has 0 N–H and O–H groups in total. The van der Waals surface area contributed by atoms with Crippen molar-refractivity contribution in [3.63, 3.8) is 0 Å². The highest BCUT2D eigenvalue weighted by Crippen LogP contribution is 2.26. The van der Waals surface area contributed by atoms with Crippen LogP contribution in [0.1, 0.15) is 18.4 Å². The maximum Gasteiger partial charge on any atom is 0.313 e. The Balaban J connectivity index is 2.09. The van der Waals surface area contributed by atoms with Crippen LogP contribution < -0.4 is 0 Å². The van der Waals surface area contributed by atoms with E-state index in [1.54, 1.807) is 19.1 Å². The van der Waals surface area contributed by atoms with Crippen LogP contribution in [-0.2, 0) is 9.53 Å². The molecule has 1 atom stereocenters. The Morgan fingerprint density at radius 1 is 1.17 bits per heavy atom. The van der Waals surface area contributed by atoms with E-state index >= 15 is 0 Å². The molecule has 0 spiro atoms. The summed E-state index contributed by atoms with van der Waals surface area (Å²) in [6, 6.07) is 14.3. The topological polar surface area (TPSA) is 29.5 Å². The van der Waals surface area contributed by atoms with Crippen LogP contribution in [0.4, 0.5) is 4.39 Å². The van der Waals surface area contributed by atoms with E-state index < -0.39 is 5.92 Å². The van der Waals surface area contributed by atoms with E-state index in [4.69, 9.17) is 4.74 Å².